The number of methoxy groups -OCH3 is 1. The second-order valence-electron chi connectivity index (χ2n) is 7.27. The highest BCUT2D eigenvalue weighted by Gasteiger charge is 2.31. The van der Waals surface area contributed by atoms with E-state index in [1.807, 2.05) is 0 Å². The monoisotopic (exact) mass is 452 g/mol. The Balaban J connectivity index is 1.62. The molecule has 3 aromatic heterocycles. The summed E-state index contributed by atoms with van der Waals surface area (Å²) in [6.45, 7) is 1.68. The number of ether oxygens (including phenoxy) is 2. The maximum atomic E-state index is 13.0. The van der Waals surface area contributed by atoms with E-state index in [4.69, 9.17) is 9.47 Å². The molecule has 10 nitrogen and oxygen atoms in total. The van der Waals surface area contributed by atoms with Gasteiger partial charge in [0.2, 0.25) is 0 Å². The number of halogens is 3. The highest BCUT2D eigenvalue weighted by atomic mass is 19.4. The van der Waals surface area contributed by atoms with Gasteiger partial charge in [0.15, 0.2) is 17.3 Å². The van der Waals surface area contributed by atoms with Crippen molar-refractivity contribution < 1.29 is 22.6 Å². The van der Waals surface area contributed by atoms with Crippen LogP contribution in [0.2, 0.25) is 0 Å². The van der Waals surface area contributed by atoms with E-state index >= 15 is 0 Å². The second-order valence-corrected chi connectivity index (χ2v) is 7.27. The van der Waals surface area contributed by atoms with Crippen molar-refractivity contribution in [2.24, 2.45) is 0 Å². The molecule has 1 aliphatic heterocycles. The number of anilines is 1. The molecule has 0 aliphatic carbocycles. The number of alkyl halides is 3. The first-order valence-electron chi connectivity index (χ1n) is 10.0. The van der Waals surface area contributed by atoms with E-state index in [2.05, 4.69) is 35.1 Å². The number of hydrogen-bond donors (Lipinski definition) is 1. The van der Waals surface area contributed by atoms with Crippen molar-refractivity contribution in [3.63, 3.8) is 0 Å². The van der Waals surface area contributed by atoms with E-state index in [0.717, 1.165) is 10.9 Å². The number of hydrogen-bond acceptors (Lipinski definition) is 9. The van der Waals surface area contributed by atoms with E-state index in [1.54, 1.807) is 25.6 Å². The third-order valence-electron chi connectivity index (χ3n) is 4.85. The molecule has 32 heavy (non-hydrogen) atoms. The van der Waals surface area contributed by atoms with Crippen LogP contribution >= 0.6 is 0 Å². The summed E-state index contributed by atoms with van der Waals surface area (Å²) in [6, 6.07) is 1.75. The molecule has 0 bridgehead atoms. The maximum Gasteiger partial charge on any atom is 0.406 e. The van der Waals surface area contributed by atoms with Gasteiger partial charge in [-0.3, -0.25) is 4.90 Å². The van der Waals surface area contributed by atoms with E-state index in [1.165, 1.54) is 0 Å². The molecule has 0 amide bonds. The van der Waals surface area contributed by atoms with Gasteiger partial charge in [-0.05, 0) is 6.07 Å². The number of aromatic nitrogens is 6. The zero-order valence-electron chi connectivity index (χ0n) is 17.4. The summed E-state index contributed by atoms with van der Waals surface area (Å²) in [4.78, 5) is 23.6. The van der Waals surface area contributed by atoms with Gasteiger partial charge in [0.05, 0.1) is 26.1 Å². The first-order chi connectivity index (χ1) is 15.4. The summed E-state index contributed by atoms with van der Waals surface area (Å²) in [6.07, 6.45) is -0.447. The first kappa shape index (κ1) is 22.3. The molecule has 4 rings (SSSR count). The highest BCUT2D eigenvalue weighted by Crippen LogP contribution is 2.27. The largest absolute Gasteiger partial charge is 0.406 e. The summed E-state index contributed by atoms with van der Waals surface area (Å²) in [5.41, 5.74) is 0.360. The van der Waals surface area contributed by atoms with Gasteiger partial charge in [-0.15, -0.1) is 0 Å². The van der Waals surface area contributed by atoms with Crippen molar-refractivity contribution in [2.75, 3.05) is 45.3 Å². The molecule has 1 aliphatic rings. The van der Waals surface area contributed by atoms with Crippen LogP contribution in [0.1, 0.15) is 17.8 Å². The molecule has 1 saturated heterocycles. The molecule has 0 saturated carbocycles. The lowest BCUT2D eigenvalue weighted by molar-refractivity contribution is -0.140. The van der Waals surface area contributed by atoms with Gasteiger partial charge in [0.1, 0.15) is 24.0 Å². The van der Waals surface area contributed by atoms with Crippen LogP contribution in [0.25, 0.3) is 11.2 Å². The zero-order valence-corrected chi connectivity index (χ0v) is 17.4. The topological polar surface area (TPSA) is 103 Å². The standard InChI is InChI=1S/C19H23F3N8O2/c1-31-7-5-25-17-15-18(30(12-26-15)11-19(20,21)22)28-16(27-17)13-9-29(6-8-32-13)10-14-23-3-2-4-24-14/h2-4,12-13H,5-11H2,1H3,(H,25,27,28). The molecule has 0 aromatic carbocycles. The summed E-state index contributed by atoms with van der Waals surface area (Å²) < 4.78 is 51.0. The van der Waals surface area contributed by atoms with Crippen molar-refractivity contribution in [3.05, 3.63) is 36.4 Å². The minimum absolute atomic E-state index is 0.0966. The third-order valence-corrected chi connectivity index (χ3v) is 4.85. The van der Waals surface area contributed by atoms with Gasteiger partial charge in [-0.2, -0.15) is 13.2 Å². The van der Waals surface area contributed by atoms with Gasteiger partial charge in [0, 0.05) is 39.1 Å². The van der Waals surface area contributed by atoms with Crippen LogP contribution in [-0.2, 0) is 22.6 Å². The molecule has 0 spiro atoms. The van der Waals surface area contributed by atoms with Crippen LogP contribution < -0.4 is 5.32 Å². The van der Waals surface area contributed by atoms with Crippen LogP contribution in [0.4, 0.5) is 19.0 Å². The molecule has 0 radical (unpaired) electrons. The molecule has 1 N–H and O–H groups in total. The number of nitrogens with one attached hydrogen (secondary N) is 1. The van der Waals surface area contributed by atoms with Gasteiger partial charge in [-0.25, -0.2) is 24.9 Å². The molecule has 1 unspecified atom stereocenters. The summed E-state index contributed by atoms with van der Waals surface area (Å²) in [5, 5.41) is 3.07. The Hall–Kier alpha value is -2.90. The molecule has 1 fully saturated rings. The van der Waals surface area contributed by atoms with Crippen LogP contribution in [0.15, 0.2) is 24.8 Å². The summed E-state index contributed by atoms with van der Waals surface area (Å²) in [5.74, 6) is 1.31. The SMILES string of the molecule is COCCNc1nc(C2CN(Cc3ncccn3)CCO2)nc2c1ncn2CC(F)(F)F. The number of fused-ring (bicyclic) bond motifs is 1. The Kier molecular flexibility index (Phi) is 6.77. The van der Waals surface area contributed by atoms with Crippen molar-refractivity contribution in [1.82, 2.24) is 34.4 Å². The predicted octanol–water partition coefficient (Wildman–Crippen LogP) is 1.81. The summed E-state index contributed by atoms with van der Waals surface area (Å²) in [7, 11) is 1.56. The minimum atomic E-state index is -4.41. The lowest BCUT2D eigenvalue weighted by Gasteiger charge is -2.31. The fourth-order valence-electron chi connectivity index (χ4n) is 3.42. The Morgan fingerprint density at radius 1 is 1.22 bits per heavy atom. The maximum absolute atomic E-state index is 13.0. The zero-order chi connectivity index (χ0) is 22.6. The Bertz CT molecular complexity index is 1030. The molecule has 3 aromatic rings. The fraction of sp³-hybridized carbons (Fsp3) is 0.526. The molecular formula is C19H23F3N8O2. The normalized spacial score (nSPS) is 17.7. The van der Waals surface area contributed by atoms with Gasteiger partial charge in [0.25, 0.3) is 0 Å². The average molecular weight is 452 g/mol. The number of imidazole rings is 1. The van der Waals surface area contributed by atoms with Crippen LogP contribution in [0.5, 0.6) is 0 Å². The Morgan fingerprint density at radius 2 is 2.03 bits per heavy atom. The summed E-state index contributed by atoms with van der Waals surface area (Å²) >= 11 is 0. The van der Waals surface area contributed by atoms with Gasteiger partial charge >= 0.3 is 6.18 Å². The number of morpholine rings is 1. The fourth-order valence-corrected chi connectivity index (χ4v) is 3.42. The van der Waals surface area contributed by atoms with Gasteiger partial charge < -0.3 is 19.4 Å². The van der Waals surface area contributed by atoms with E-state index in [0.29, 0.717) is 56.9 Å². The first-order valence-corrected chi connectivity index (χ1v) is 10.0. The average Bonchev–Trinajstić information content (AvgIpc) is 3.16. The van der Waals surface area contributed by atoms with Crippen LogP contribution in [0, 0.1) is 0 Å². The highest BCUT2D eigenvalue weighted by molar-refractivity contribution is 5.83. The van der Waals surface area contributed by atoms with E-state index in [-0.39, 0.29) is 11.2 Å². The van der Waals surface area contributed by atoms with Crippen LogP contribution in [-0.4, -0.2) is 80.5 Å². The third kappa shape index (κ3) is 5.47. The lowest BCUT2D eigenvalue weighted by atomic mass is 10.2. The molecular weight excluding hydrogens is 429 g/mol. The van der Waals surface area contributed by atoms with E-state index < -0.39 is 18.8 Å². The van der Waals surface area contributed by atoms with Crippen molar-refractivity contribution in [3.8, 4) is 0 Å². The second kappa shape index (κ2) is 9.71. The molecule has 1 atom stereocenters. The van der Waals surface area contributed by atoms with Gasteiger partial charge in [-0.1, -0.05) is 0 Å². The smallest absolute Gasteiger partial charge is 0.383 e. The Labute approximate surface area is 181 Å². The quantitative estimate of drug-likeness (QED) is 0.513. The van der Waals surface area contributed by atoms with Crippen LogP contribution in [0.3, 0.4) is 0 Å². The number of nitrogens with zero attached hydrogens (tertiary/aromatic N) is 7. The predicted molar refractivity (Wildman–Crippen MR) is 108 cm³/mol. The molecule has 13 heteroatoms. The Morgan fingerprint density at radius 3 is 2.78 bits per heavy atom. The van der Waals surface area contributed by atoms with Crippen molar-refractivity contribution >= 4 is 17.0 Å². The molecule has 172 valence electrons. The number of rotatable bonds is 8. The van der Waals surface area contributed by atoms with Crippen molar-refractivity contribution in [2.45, 2.75) is 25.4 Å². The van der Waals surface area contributed by atoms with Crippen molar-refractivity contribution in [1.29, 1.82) is 0 Å². The lowest BCUT2D eigenvalue weighted by Crippen LogP contribution is -2.38. The molecule has 4 heterocycles. The van der Waals surface area contributed by atoms with E-state index in [9.17, 15) is 13.2 Å². The minimum Gasteiger partial charge on any atom is -0.383 e.